The van der Waals surface area contributed by atoms with Crippen molar-refractivity contribution in [2.45, 2.75) is 0 Å². The van der Waals surface area contributed by atoms with E-state index in [2.05, 4.69) is 0 Å². The Bertz CT molecular complexity index is 380. The lowest BCUT2D eigenvalue weighted by Gasteiger charge is -2.04. The Balaban J connectivity index is 2.54. The van der Waals surface area contributed by atoms with E-state index in [1.165, 1.54) is 6.08 Å². The van der Waals surface area contributed by atoms with Gasteiger partial charge in [0.1, 0.15) is 11.5 Å². The first-order chi connectivity index (χ1) is 6.27. The molecule has 1 heterocycles. The largest absolute Gasteiger partial charge is 0.507 e. The van der Waals surface area contributed by atoms with Gasteiger partial charge in [0.15, 0.2) is 12.4 Å². The Morgan fingerprint density at radius 3 is 2.92 bits per heavy atom. The maximum Gasteiger partial charge on any atom is 0.196 e. The van der Waals surface area contributed by atoms with Gasteiger partial charge in [0, 0.05) is 6.08 Å². The highest BCUT2D eigenvalue weighted by Crippen LogP contribution is 2.25. The van der Waals surface area contributed by atoms with Gasteiger partial charge in [0.25, 0.3) is 0 Å². The van der Waals surface area contributed by atoms with Crippen molar-refractivity contribution < 1.29 is 14.6 Å². The number of fused-ring (bicyclic) bond motifs is 1. The molecule has 1 aromatic rings. The quantitative estimate of drug-likeness (QED) is 0.652. The van der Waals surface area contributed by atoms with Gasteiger partial charge < -0.3 is 9.84 Å². The minimum Gasteiger partial charge on any atom is -0.507 e. The predicted octanol–water partition coefficient (Wildman–Crippen LogP) is 1.55. The van der Waals surface area contributed by atoms with Crippen molar-refractivity contribution in [3.05, 3.63) is 35.9 Å². The molecule has 1 aromatic carbocycles. The lowest BCUT2D eigenvalue weighted by Crippen LogP contribution is -2.06. The van der Waals surface area contributed by atoms with E-state index >= 15 is 0 Å². The van der Waals surface area contributed by atoms with Gasteiger partial charge in [-0.3, -0.25) is 4.79 Å². The molecular weight excluding hydrogens is 168 g/mol. The van der Waals surface area contributed by atoms with Gasteiger partial charge in [-0.1, -0.05) is 12.1 Å². The number of para-hydroxylation sites is 1. The van der Waals surface area contributed by atoms with Crippen LogP contribution in [0.5, 0.6) is 5.75 Å². The third-order valence-electron chi connectivity index (χ3n) is 1.83. The fourth-order valence-corrected chi connectivity index (χ4v) is 1.22. The molecule has 0 atom stereocenters. The molecule has 0 saturated heterocycles. The molecule has 13 heavy (non-hydrogen) atoms. The van der Waals surface area contributed by atoms with E-state index in [1.807, 2.05) is 0 Å². The number of ether oxygens (including phenoxy) is 1. The van der Waals surface area contributed by atoms with Crippen LogP contribution >= 0.6 is 0 Å². The van der Waals surface area contributed by atoms with Crippen LogP contribution in [0.2, 0.25) is 0 Å². The maximum atomic E-state index is 11.0. The summed E-state index contributed by atoms with van der Waals surface area (Å²) in [6, 6.07) is 7.00. The van der Waals surface area contributed by atoms with Crippen LogP contribution in [0.1, 0.15) is 5.56 Å². The van der Waals surface area contributed by atoms with E-state index in [0.717, 1.165) is 0 Å². The van der Waals surface area contributed by atoms with Crippen molar-refractivity contribution in [1.29, 1.82) is 0 Å². The van der Waals surface area contributed by atoms with Crippen molar-refractivity contribution in [3.63, 3.8) is 0 Å². The standard InChI is InChI=1S/C10H8O3/c11-7-5-9(12)8-3-1-2-4-10(8)13-6-7/h1-5,12H,6H2. The van der Waals surface area contributed by atoms with Crippen LogP contribution in [0.4, 0.5) is 0 Å². The van der Waals surface area contributed by atoms with Crippen LogP contribution < -0.4 is 4.74 Å². The first kappa shape index (κ1) is 7.86. The number of hydrogen-bond acceptors (Lipinski definition) is 3. The van der Waals surface area contributed by atoms with Gasteiger partial charge in [-0.05, 0) is 12.1 Å². The Labute approximate surface area is 75.3 Å². The SMILES string of the molecule is O=C1C=C(O)c2ccccc2OC1. The lowest BCUT2D eigenvalue weighted by atomic mass is 10.1. The van der Waals surface area contributed by atoms with Crippen molar-refractivity contribution in [2.75, 3.05) is 6.61 Å². The highest BCUT2D eigenvalue weighted by Gasteiger charge is 2.14. The minimum absolute atomic E-state index is 0.0128. The third-order valence-corrected chi connectivity index (χ3v) is 1.83. The monoisotopic (exact) mass is 176 g/mol. The van der Waals surface area contributed by atoms with Gasteiger partial charge >= 0.3 is 0 Å². The number of rotatable bonds is 0. The molecule has 0 radical (unpaired) electrons. The molecule has 0 fully saturated rings. The molecule has 1 aliphatic rings. The number of carbonyl (C=O) groups is 1. The van der Waals surface area contributed by atoms with E-state index in [4.69, 9.17) is 4.74 Å². The molecule has 66 valence electrons. The smallest absolute Gasteiger partial charge is 0.196 e. The van der Waals surface area contributed by atoms with Crippen LogP contribution in [-0.2, 0) is 4.79 Å². The fraction of sp³-hybridized carbons (Fsp3) is 0.100. The number of benzene rings is 1. The Morgan fingerprint density at radius 2 is 2.08 bits per heavy atom. The molecule has 0 spiro atoms. The number of hydrogen-bond donors (Lipinski definition) is 1. The Kier molecular flexibility index (Phi) is 1.77. The second-order valence-corrected chi connectivity index (χ2v) is 2.78. The lowest BCUT2D eigenvalue weighted by molar-refractivity contribution is -0.116. The Hall–Kier alpha value is -1.77. The summed E-state index contributed by atoms with van der Waals surface area (Å²) in [6.45, 7) is -0.0128. The van der Waals surface area contributed by atoms with Crippen LogP contribution in [0, 0.1) is 0 Å². The molecule has 1 N–H and O–H groups in total. The summed E-state index contributed by atoms with van der Waals surface area (Å²) in [5, 5.41) is 9.47. The average molecular weight is 176 g/mol. The molecule has 0 amide bonds. The van der Waals surface area contributed by atoms with Crippen molar-refractivity contribution >= 4 is 11.5 Å². The number of ketones is 1. The van der Waals surface area contributed by atoms with E-state index in [1.54, 1.807) is 24.3 Å². The molecule has 0 aromatic heterocycles. The molecule has 3 nitrogen and oxygen atoms in total. The van der Waals surface area contributed by atoms with E-state index < -0.39 is 0 Å². The summed E-state index contributed by atoms with van der Waals surface area (Å²) in [4.78, 5) is 11.0. The topological polar surface area (TPSA) is 46.5 Å². The zero-order valence-corrected chi connectivity index (χ0v) is 6.86. The summed E-state index contributed by atoms with van der Waals surface area (Å²) < 4.78 is 5.17. The molecule has 0 aliphatic carbocycles. The molecule has 2 rings (SSSR count). The second kappa shape index (κ2) is 2.94. The molecule has 1 aliphatic heterocycles. The summed E-state index contributed by atoms with van der Waals surface area (Å²) >= 11 is 0. The molecule has 0 saturated carbocycles. The molecule has 0 unspecified atom stereocenters. The van der Waals surface area contributed by atoms with Crippen LogP contribution in [0.15, 0.2) is 30.3 Å². The van der Waals surface area contributed by atoms with Crippen LogP contribution in [0.25, 0.3) is 5.76 Å². The zero-order chi connectivity index (χ0) is 9.26. The summed E-state index contributed by atoms with van der Waals surface area (Å²) in [7, 11) is 0. The highest BCUT2D eigenvalue weighted by molar-refractivity contribution is 5.97. The summed E-state index contributed by atoms with van der Waals surface area (Å²) in [5.74, 6) is 0.286. The second-order valence-electron chi connectivity index (χ2n) is 2.78. The Morgan fingerprint density at radius 1 is 1.31 bits per heavy atom. The first-order valence-corrected chi connectivity index (χ1v) is 3.93. The number of aliphatic hydroxyl groups excluding tert-OH is 1. The van der Waals surface area contributed by atoms with Gasteiger partial charge in [0.05, 0.1) is 5.56 Å². The predicted molar refractivity (Wildman–Crippen MR) is 47.5 cm³/mol. The number of aliphatic hydroxyl groups is 1. The van der Waals surface area contributed by atoms with Crippen molar-refractivity contribution in [2.24, 2.45) is 0 Å². The average Bonchev–Trinajstić information content (AvgIpc) is 2.27. The third kappa shape index (κ3) is 1.40. The van der Waals surface area contributed by atoms with E-state index in [9.17, 15) is 9.90 Å². The highest BCUT2D eigenvalue weighted by atomic mass is 16.5. The van der Waals surface area contributed by atoms with Crippen LogP contribution in [-0.4, -0.2) is 17.5 Å². The maximum absolute atomic E-state index is 11.0. The fourth-order valence-electron chi connectivity index (χ4n) is 1.22. The van der Waals surface area contributed by atoms with Gasteiger partial charge in [-0.15, -0.1) is 0 Å². The van der Waals surface area contributed by atoms with Crippen molar-refractivity contribution in [1.82, 2.24) is 0 Å². The van der Waals surface area contributed by atoms with E-state index in [-0.39, 0.29) is 18.1 Å². The molecule has 0 bridgehead atoms. The zero-order valence-electron chi connectivity index (χ0n) is 6.86. The molecular formula is C10H8O3. The molecule has 3 heteroatoms. The van der Waals surface area contributed by atoms with Gasteiger partial charge in [-0.25, -0.2) is 0 Å². The normalized spacial score (nSPS) is 15.4. The van der Waals surface area contributed by atoms with Crippen molar-refractivity contribution in [3.8, 4) is 5.75 Å². The number of carbonyl (C=O) groups excluding carboxylic acids is 1. The van der Waals surface area contributed by atoms with E-state index in [0.29, 0.717) is 11.3 Å². The summed E-state index contributed by atoms with van der Waals surface area (Å²) in [6.07, 6.45) is 1.19. The first-order valence-electron chi connectivity index (χ1n) is 3.93. The van der Waals surface area contributed by atoms with Crippen LogP contribution in [0.3, 0.4) is 0 Å². The minimum atomic E-state index is -0.228. The van der Waals surface area contributed by atoms with Gasteiger partial charge in [0.2, 0.25) is 0 Å². The van der Waals surface area contributed by atoms with Gasteiger partial charge in [-0.2, -0.15) is 0 Å². The summed E-state index contributed by atoms with van der Waals surface area (Å²) in [5.41, 5.74) is 0.563.